The van der Waals surface area contributed by atoms with Crippen LogP contribution in [0.1, 0.15) is 27.2 Å². The van der Waals surface area contributed by atoms with Gasteiger partial charge in [-0.1, -0.05) is 0 Å². The fourth-order valence-electron chi connectivity index (χ4n) is 1.95. The van der Waals surface area contributed by atoms with Crippen LogP contribution in [0.25, 0.3) is 0 Å². The second kappa shape index (κ2) is 6.90. The lowest BCUT2D eigenvalue weighted by Gasteiger charge is -2.39. The van der Waals surface area contributed by atoms with Gasteiger partial charge in [-0.05, 0) is 20.8 Å². The maximum absolute atomic E-state index is 11.9. The van der Waals surface area contributed by atoms with Gasteiger partial charge in [-0.25, -0.2) is 4.79 Å². The summed E-state index contributed by atoms with van der Waals surface area (Å²) in [5.74, 6) is -0.258. The van der Waals surface area contributed by atoms with E-state index in [1.54, 1.807) is 4.90 Å². The fourth-order valence-corrected chi connectivity index (χ4v) is 1.95. The summed E-state index contributed by atoms with van der Waals surface area (Å²) in [5, 5.41) is 0. The topological polar surface area (TPSA) is 85.1 Å². The number of carbonyl (C=O) groups is 2. The molecular formula is C13H25N3O4. The molecule has 0 aromatic carbocycles. The zero-order valence-electron chi connectivity index (χ0n) is 12.7. The lowest BCUT2D eigenvalue weighted by Crippen LogP contribution is -2.59. The predicted molar refractivity (Wildman–Crippen MR) is 74.0 cm³/mol. The summed E-state index contributed by atoms with van der Waals surface area (Å²) in [5.41, 5.74) is 5.51. The maximum Gasteiger partial charge on any atom is 0.410 e. The van der Waals surface area contributed by atoms with Gasteiger partial charge in [0.1, 0.15) is 5.60 Å². The minimum absolute atomic E-state index is 0.258. The molecule has 0 bridgehead atoms. The second-order valence-corrected chi connectivity index (χ2v) is 5.86. The van der Waals surface area contributed by atoms with Crippen LogP contribution in [0, 0.1) is 0 Å². The van der Waals surface area contributed by atoms with Crippen molar-refractivity contribution in [2.45, 2.75) is 39.0 Å². The highest BCUT2D eigenvalue weighted by molar-refractivity contribution is 5.69. The molecule has 7 heteroatoms. The van der Waals surface area contributed by atoms with E-state index in [-0.39, 0.29) is 18.2 Å². The van der Waals surface area contributed by atoms with E-state index in [1.807, 2.05) is 25.7 Å². The smallest absolute Gasteiger partial charge is 0.410 e. The average molecular weight is 287 g/mol. The van der Waals surface area contributed by atoms with E-state index in [1.165, 1.54) is 7.11 Å². The number of piperazine rings is 1. The van der Waals surface area contributed by atoms with Crippen molar-refractivity contribution >= 4 is 12.1 Å². The molecule has 116 valence electrons. The molecule has 1 amide bonds. The lowest BCUT2D eigenvalue weighted by atomic mass is 10.2. The summed E-state index contributed by atoms with van der Waals surface area (Å²) >= 11 is 0. The average Bonchev–Trinajstić information content (AvgIpc) is 2.34. The highest BCUT2D eigenvalue weighted by Crippen LogP contribution is 2.13. The van der Waals surface area contributed by atoms with Gasteiger partial charge in [0.25, 0.3) is 0 Å². The van der Waals surface area contributed by atoms with Crippen molar-refractivity contribution in [3.05, 3.63) is 0 Å². The number of carbonyl (C=O) groups excluding carboxylic acids is 2. The summed E-state index contributed by atoms with van der Waals surface area (Å²) < 4.78 is 9.91. The van der Waals surface area contributed by atoms with Crippen LogP contribution in [0.15, 0.2) is 0 Å². The van der Waals surface area contributed by atoms with Gasteiger partial charge in [-0.2, -0.15) is 0 Å². The molecule has 0 saturated carbocycles. The van der Waals surface area contributed by atoms with Crippen molar-refractivity contribution < 1.29 is 19.1 Å². The molecule has 1 fully saturated rings. The summed E-state index contributed by atoms with van der Waals surface area (Å²) in [6.07, 6.45) is -0.335. The van der Waals surface area contributed by atoms with Crippen LogP contribution in [0.2, 0.25) is 0 Å². The number of amides is 1. The van der Waals surface area contributed by atoms with Crippen molar-refractivity contribution in [3.8, 4) is 0 Å². The molecule has 0 radical (unpaired) electrons. The van der Waals surface area contributed by atoms with Crippen LogP contribution in [0.3, 0.4) is 0 Å². The predicted octanol–water partition coefficient (Wildman–Crippen LogP) is 0.387. The first-order valence-electron chi connectivity index (χ1n) is 6.77. The molecule has 1 atom stereocenters. The van der Waals surface area contributed by atoms with E-state index >= 15 is 0 Å². The Morgan fingerprint density at radius 2 is 1.95 bits per heavy atom. The molecule has 1 rings (SSSR count). The van der Waals surface area contributed by atoms with Crippen LogP contribution in [0.4, 0.5) is 4.79 Å². The number of hydrogen-bond acceptors (Lipinski definition) is 6. The quantitative estimate of drug-likeness (QED) is 0.756. The Bertz CT molecular complexity index is 354. The molecular weight excluding hydrogens is 262 g/mol. The summed E-state index contributed by atoms with van der Waals surface area (Å²) in [6.45, 7) is 7.60. The van der Waals surface area contributed by atoms with Gasteiger partial charge in [0.2, 0.25) is 0 Å². The first-order chi connectivity index (χ1) is 9.23. The Hall–Kier alpha value is -1.34. The first-order valence-corrected chi connectivity index (χ1v) is 6.77. The van der Waals surface area contributed by atoms with Crippen molar-refractivity contribution in [3.63, 3.8) is 0 Å². The summed E-state index contributed by atoms with van der Waals surface area (Å²) in [6, 6.07) is 0. The van der Waals surface area contributed by atoms with Crippen molar-refractivity contribution in [2.75, 3.05) is 33.3 Å². The van der Waals surface area contributed by atoms with E-state index in [9.17, 15) is 9.59 Å². The molecule has 0 spiro atoms. The van der Waals surface area contributed by atoms with E-state index in [2.05, 4.69) is 4.74 Å². The van der Waals surface area contributed by atoms with E-state index in [0.29, 0.717) is 32.6 Å². The number of rotatable bonds is 3. The molecule has 1 aliphatic rings. The first kappa shape index (κ1) is 16.7. The number of nitrogens with zero attached hydrogens (tertiary/aromatic N) is 2. The van der Waals surface area contributed by atoms with Gasteiger partial charge < -0.3 is 20.1 Å². The SMILES string of the molecule is COC(=O)CCN1CCN(C(=O)OC(C)(C)C)CC1N. The van der Waals surface area contributed by atoms with E-state index < -0.39 is 5.60 Å². The van der Waals surface area contributed by atoms with Crippen LogP contribution in [-0.2, 0) is 14.3 Å². The van der Waals surface area contributed by atoms with Crippen LogP contribution < -0.4 is 5.73 Å². The normalized spacial score (nSPS) is 20.6. The van der Waals surface area contributed by atoms with Crippen LogP contribution in [-0.4, -0.2) is 66.9 Å². The lowest BCUT2D eigenvalue weighted by molar-refractivity contribution is -0.141. The Labute approximate surface area is 120 Å². The highest BCUT2D eigenvalue weighted by atomic mass is 16.6. The number of nitrogens with two attached hydrogens (primary N) is 1. The third kappa shape index (κ3) is 5.34. The zero-order valence-corrected chi connectivity index (χ0v) is 12.7. The van der Waals surface area contributed by atoms with Crippen LogP contribution >= 0.6 is 0 Å². The number of ether oxygens (including phenoxy) is 2. The minimum Gasteiger partial charge on any atom is -0.469 e. The van der Waals surface area contributed by atoms with Crippen LogP contribution in [0.5, 0.6) is 0 Å². The third-order valence-electron chi connectivity index (χ3n) is 3.02. The molecule has 1 saturated heterocycles. The Balaban J connectivity index is 2.43. The molecule has 2 N–H and O–H groups in total. The largest absolute Gasteiger partial charge is 0.469 e. The summed E-state index contributed by atoms with van der Waals surface area (Å²) in [4.78, 5) is 26.6. The molecule has 1 unspecified atom stereocenters. The molecule has 20 heavy (non-hydrogen) atoms. The maximum atomic E-state index is 11.9. The van der Waals surface area contributed by atoms with Crippen molar-refractivity contribution in [2.24, 2.45) is 5.73 Å². The third-order valence-corrected chi connectivity index (χ3v) is 3.02. The van der Waals surface area contributed by atoms with Gasteiger partial charge in [0, 0.05) is 19.6 Å². The molecule has 1 aliphatic heterocycles. The standard InChI is InChI=1S/C13H25N3O4/c1-13(2,3)20-12(18)16-8-7-15(10(14)9-16)6-5-11(17)19-4/h10H,5-9,14H2,1-4H3. The van der Waals surface area contributed by atoms with E-state index in [4.69, 9.17) is 10.5 Å². The van der Waals surface area contributed by atoms with E-state index in [0.717, 1.165) is 0 Å². The van der Waals surface area contributed by atoms with Gasteiger partial charge in [0.15, 0.2) is 0 Å². The van der Waals surface area contributed by atoms with Gasteiger partial charge in [0.05, 0.1) is 26.2 Å². The fraction of sp³-hybridized carbons (Fsp3) is 0.846. The summed E-state index contributed by atoms with van der Waals surface area (Å²) in [7, 11) is 1.36. The van der Waals surface area contributed by atoms with Crippen molar-refractivity contribution in [1.29, 1.82) is 0 Å². The number of methoxy groups -OCH3 is 1. The Morgan fingerprint density at radius 3 is 2.45 bits per heavy atom. The highest BCUT2D eigenvalue weighted by Gasteiger charge is 2.30. The second-order valence-electron chi connectivity index (χ2n) is 5.86. The molecule has 1 heterocycles. The van der Waals surface area contributed by atoms with Gasteiger partial charge in [-0.15, -0.1) is 0 Å². The van der Waals surface area contributed by atoms with Crippen molar-refractivity contribution in [1.82, 2.24) is 9.80 Å². The number of hydrogen-bond donors (Lipinski definition) is 1. The minimum atomic E-state index is -0.511. The molecule has 0 aliphatic carbocycles. The Morgan fingerprint density at radius 1 is 1.30 bits per heavy atom. The van der Waals surface area contributed by atoms with Gasteiger partial charge >= 0.3 is 12.1 Å². The number of esters is 1. The Kier molecular flexibility index (Phi) is 5.76. The molecule has 0 aromatic heterocycles. The molecule has 7 nitrogen and oxygen atoms in total. The monoisotopic (exact) mass is 287 g/mol. The van der Waals surface area contributed by atoms with Gasteiger partial charge in [-0.3, -0.25) is 9.69 Å². The zero-order chi connectivity index (χ0) is 15.3. The molecule has 0 aromatic rings.